The summed E-state index contributed by atoms with van der Waals surface area (Å²) >= 11 is 12.1. The lowest BCUT2D eigenvalue weighted by molar-refractivity contribution is -0.117. The van der Waals surface area contributed by atoms with Crippen molar-refractivity contribution in [3.05, 3.63) is 94.1 Å². The summed E-state index contributed by atoms with van der Waals surface area (Å²) in [5.74, 6) is -0.411. The second-order valence-electron chi connectivity index (χ2n) is 6.20. The summed E-state index contributed by atoms with van der Waals surface area (Å²) in [6, 6.07) is 11.5. The number of rotatable bonds is 7. The Labute approximate surface area is 180 Å². The predicted molar refractivity (Wildman–Crippen MR) is 118 cm³/mol. The van der Waals surface area contributed by atoms with Crippen LogP contribution in [0.15, 0.2) is 77.9 Å². The fourth-order valence-electron chi connectivity index (χ4n) is 2.36. The molecule has 0 saturated carbocycles. The first kappa shape index (κ1) is 22.7. The van der Waals surface area contributed by atoms with E-state index in [1.165, 1.54) is 18.3 Å². The molecule has 0 fully saturated rings. The molecule has 0 saturated heterocycles. The molecule has 8 heteroatoms. The van der Waals surface area contributed by atoms with Crippen molar-refractivity contribution in [2.45, 2.75) is 11.4 Å². The van der Waals surface area contributed by atoms with Gasteiger partial charge in [-0.15, -0.1) is 0 Å². The van der Waals surface area contributed by atoms with Crippen LogP contribution >= 0.6 is 23.2 Å². The molecule has 2 aromatic carbocycles. The molecule has 0 heterocycles. The lowest BCUT2D eigenvalue weighted by Gasteiger charge is -2.09. The molecule has 0 bridgehead atoms. The monoisotopic (exact) mass is 450 g/mol. The fraction of sp³-hybridized carbons (Fsp3) is 0.0952. The first-order valence-corrected chi connectivity index (χ1v) is 11.1. The van der Waals surface area contributed by atoms with Crippen LogP contribution < -0.4 is 11.1 Å². The number of nitrogens with one attached hydrogen (secondary N) is 1. The van der Waals surface area contributed by atoms with Gasteiger partial charge in [0.15, 0.2) is 9.84 Å². The van der Waals surface area contributed by atoms with Gasteiger partial charge in [-0.2, -0.15) is 0 Å². The summed E-state index contributed by atoms with van der Waals surface area (Å²) in [4.78, 5) is 12.5. The maximum atomic E-state index is 12.4. The van der Waals surface area contributed by atoms with E-state index in [-0.39, 0.29) is 22.0 Å². The van der Waals surface area contributed by atoms with Crippen molar-refractivity contribution >= 4 is 44.5 Å². The van der Waals surface area contributed by atoms with Gasteiger partial charge in [-0.3, -0.25) is 4.79 Å². The minimum absolute atomic E-state index is 0.113. The minimum Gasteiger partial charge on any atom is -0.404 e. The first-order valence-electron chi connectivity index (χ1n) is 8.43. The van der Waals surface area contributed by atoms with E-state index in [1.807, 2.05) is 12.1 Å². The highest BCUT2D eigenvalue weighted by atomic mass is 35.5. The second-order valence-corrected chi connectivity index (χ2v) is 9.06. The topological polar surface area (TPSA) is 89.3 Å². The van der Waals surface area contributed by atoms with Crippen LogP contribution in [-0.4, -0.2) is 20.6 Å². The zero-order chi connectivity index (χ0) is 21.6. The Morgan fingerprint density at radius 2 is 1.90 bits per heavy atom. The Bertz CT molecular complexity index is 1110. The van der Waals surface area contributed by atoms with Crippen molar-refractivity contribution in [2.75, 3.05) is 6.26 Å². The van der Waals surface area contributed by atoms with E-state index in [0.29, 0.717) is 16.2 Å². The molecule has 0 aliphatic heterocycles. The van der Waals surface area contributed by atoms with E-state index in [1.54, 1.807) is 30.4 Å². The second kappa shape index (κ2) is 9.78. The summed E-state index contributed by atoms with van der Waals surface area (Å²) in [6.45, 7) is 4.07. The molecule has 2 rings (SSSR count). The third-order valence-electron chi connectivity index (χ3n) is 3.99. The highest BCUT2D eigenvalue weighted by Crippen LogP contribution is 2.21. The van der Waals surface area contributed by atoms with E-state index >= 15 is 0 Å². The van der Waals surface area contributed by atoms with Crippen molar-refractivity contribution in [2.24, 2.45) is 5.73 Å². The van der Waals surface area contributed by atoms with E-state index in [2.05, 4.69) is 11.9 Å². The summed E-state index contributed by atoms with van der Waals surface area (Å²) in [5, 5.41) is 3.53. The number of allylic oxidation sites excluding steroid dienone is 2. The Morgan fingerprint density at radius 3 is 2.48 bits per heavy atom. The molecule has 5 nitrogen and oxygen atoms in total. The molecule has 0 unspecified atom stereocenters. The number of carbonyl (C=O) groups excluding carboxylic acids is 1. The van der Waals surface area contributed by atoms with Gasteiger partial charge in [0.25, 0.3) is 5.91 Å². The number of halogens is 2. The Hall–Kier alpha value is -2.54. The molecular formula is C21H20Cl2N2O3S. The molecule has 152 valence electrons. The molecule has 3 N–H and O–H groups in total. The van der Waals surface area contributed by atoms with Gasteiger partial charge < -0.3 is 11.1 Å². The lowest BCUT2D eigenvalue weighted by Crippen LogP contribution is -2.24. The average molecular weight is 451 g/mol. The van der Waals surface area contributed by atoms with Gasteiger partial charge in [0.05, 0.1) is 10.5 Å². The molecule has 0 atom stereocenters. The van der Waals surface area contributed by atoms with E-state index in [4.69, 9.17) is 28.9 Å². The highest BCUT2D eigenvalue weighted by Gasteiger charge is 2.12. The quantitative estimate of drug-likeness (QED) is 0.490. The Morgan fingerprint density at radius 1 is 1.17 bits per heavy atom. The average Bonchev–Trinajstić information content (AvgIpc) is 2.66. The van der Waals surface area contributed by atoms with Crippen LogP contribution in [-0.2, 0) is 21.2 Å². The molecule has 0 spiro atoms. The Kier molecular flexibility index (Phi) is 7.67. The number of benzene rings is 2. The van der Waals surface area contributed by atoms with E-state index < -0.39 is 15.7 Å². The number of sulfone groups is 1. The summed E-state index contributed by atoms with van der Waals surface area (Å²) in [6.07, 6.45) is 5.50. The van der Waals surface area contributed by atoms with Crippen molar-refractivity contribution in [3.8, 4) is 0 Å². The molecule has 0 aliphatic rings. The number of hydrogen-bond acceptors (Lipinski definition) is 4. The molecule has 0 radical (unpaired) electrons. The zero-order valence-electron chi connectivity index (χ0n) is 15.7. The van der Waals surface area contributed by atoms with Crippen molar-refractivity contribution < 1.29 is 13.2 Å². The SMILES string of the molecule is C=C(/C=C\C(=C/N)C(=O)NCc1ccc(S(C)(=O)=O)cc1Cl)c1cccc(Cl)c1. The van der Waals surface area contributed by atoms with E-state index in [0.717, 1.165) is 11.8 Å². The number of hydrogen-bond donors (Lipinski definition) is 2. The molecule has 0 aliphatic carbocycles. The van der Waals surface area contributed by atoms with Crippen LogP contribution in [0.4, 0.5) is 0 Å². The van der Waals surface area contributed by atoms with Crippen molar-refractivity contribution in [1.29, 1.82) is 0 Å². The van der Waals surface area contributed by atoms with E-state index in [9.17, 15) is 13.2 Å². The van der Waals surface area contributed by atoms with Gasteiger partial charge in [0.2, 0.25) is 0 Å². The van der Waals surface area contributed by atoms with Gasteiger partial charge in [-0.1, -0.05) is 54.1 Å². The predicted octanol–water partition coefficient (Wildman–Crippen LogP) is 4.13. The first-order chi connectivity index (χ1) is 13.6. The fourth-order valence-corrected chi connectivity index (χ4v) is 3.51. The molecule has 1 amide bonds. The maximum absolute atomic E-state index is 12.4. The molecule has 2 aromatic rings. The summed E-state index contributed by atoms with van der Waals surface area (Å²) in [7, 11) is -3.36. The molecule has 29 heavy (non-hydrogen) atoms. The largest absolute Gasteiger partial charge is 0.404 e. The summed E-state index contributed by atoms with van der Waals surface area (Å²) in [5.41, 5.74) is 7.87. The lowest BCUT2D eigenvalue weighted by atomic mass is 10.1. The smallest absolute Gasteiger partial charge is 0.253 e. The Balaban J connectivity index is 2.04. The van der Waals surface area contributed by atoms with Crippen LogP contribution in [0.25, 0.3) is 5.57 Å². The van der Waals surface area contributed by atoms with Gasteiger partial charge >= 0.3 is 0 Å². The van der Waals surface area contributed by atoms with Crippen molar-refractivity contribution in [3.63, 3.8) is 0 Å². The number of nitrogens with two attached hydrogens (primary N) is 1. The van der Waals surface area contributed by atoms with Crippen LogP contribution in [0.1, 0.15) is 11.1 Å². The summed E-state index contributed by atoms with van der Waals surface area (Å²) < 4.78 is 23.1. The molecular weight excluding hydrogens is 431 g/mol. The molecule has 0 aromatic heterocycles. The number of carbonyl (C=O) groups is 1. The number of amides is 1. The van der Waals surface area contributed by atoms with Crippen LogP contribution in [0, 0.1) is 0 Å². The third-order valence-corrected chi connectivity index (χ3v) is 5.69. The highest BCUT2D eigenvalue weighted by molar-refractivity contribution is 7.90. The van der Waals surface area contributed by atoms with Crippen LogP contribution in [0.5, 0.6) is 0 Å². The van der Waals surface area contributed by atoms with Gasteiger partial charge in [0, 0.05) is 29.0 Å². The normalized spacial score (nSPS) is 12.2. The zero-order valence-corrected chi connectivity index (χ0v) is 18.0. The van der Waals surface area contributed by atoms with Crippen molar-refractivity contribution in [1.82, 2.24) is 5.32 Å². The van der Waals surface area contributed by atoms with Crippen LogP contribution in [0.3, 0.4) is 0 Å². The maximum Gasteiger partial charge on any atom is 0.253 e. The standard InChI is InChI=1S/C21H20Cl2N2O3S/c1-14(15-4-3-5-18(22)10-15)6-7-16(12-24)21(26)25-13-17-8-9-19(11-20(17)23)29(2,27)28/h3-12H,1,13,24H2,2H3,(H,25,26)/b7-6-,16-12+. The van der Waals surface area contributed by atoms with Gasteiger partial charge in [-0.25, -0.2) is 8.42 Å². The van der Waals surface area contributed by atoms with Gasteiger partial charge in [-0.05, 0) is 47.0 Å². The van der Waals surface area contributed by atoms with Crippen LogP contribution in [0.2, 0.25) is 10.0 Å². The minimum atomic E-state index is -3.36. The van der Waals surface area contributed by atoms with Gasteiger partial charge in [0.1, 0.15) is 0 Å². The third kappa shape index (κ3) is 6.49.